The van der Waals surface area contributed by atoms with Crippen molar-refractivity contribution >= 4 is 11.6 Å². The first-order chi connectivity index (χ1) is 11.3. The Labute approximate surface area is 140 Å². The van der Waals surface area contributed by atoms with Crippen LogP contribution in [-0.2, 0) is 0 Å². The van der Waals surface area contributed by atoms with Crippen LogP contribution in [0.4, 0.5) is 17.6 Å². The molecule has 3 rings (SSSR count). The van der Waals surface area contributed by atoms with Crippen LogP contribution in [0.3, 0.4) is 0 Å². The predicted molar refractivity (Wildman–Crippen MR) is 80.8 cm³/mol. The van der Waals surface area contributed by atoms with Gasteiger partial charge in [-0.1, -0.05) is 29.8 Å². The van der Waals surface area contributed by atoms with E-state index in [0.29, 0.717) is 13.1 Å². The molecule has 0 unspecified atom stereocenters. The van der Waals surface area contributed by atoms with Crippen LogP contribution in [0.2, 0.25) is 5.02 Å². The summed E-state index contributed by atoms with van der Waals surface area (Å²) in [4.78, 5) is 0. The second-order valence-corrected chi connectivity index (χ2v) is 5.59. The van der Waals surface area contributed by atoms with E-state index in [2.05, 4.69) is 10.1 Å². The Hall–Kier alpha value is -1.99. The Morgan fingerprint density at radius 1 is 1.08 bits per heavy atom. The number of alkyl halides is 3. The van der Waals surface area contributed by atoms with Crippen molar-refractivity contribution in [2.75, 3.05) is 13.1 Å². The van der Waals surface area contributed by atoms with Gasteiger partial charge >= 0.3 is 6.36 Å². The van der Waals surface area contributed by atoms with Gasteiger partial charge in [-0.3, -0.25) is 0 Å². The first kappa shape index (κ1) is 16.9. The standard InChI is InChI=1S/C16H12ClF4NO2/c17-15-11(2-1-3-12(15)18)9-4-5-13(23-10-7-22-8-10)14(6-9)24-16(19,20)21/h1-6,10,22H,7-8H2. The molecule has 0 atom stereocenters. The van der Waals surface area contributed by atoms with Crippen molar-refractivity contribution in [2.24, 2.45) is 0 Å². The largest absolute Gasteiger partial charge is 0.573 e. The van der Waals surface area contributed by atoms with Gasteiger partial charge in [0, 0.05) is 18.7 Å². The van der Waals surface area contributed by atoms with Crippen molar-refractivity contribution in [3.63, 3.8) is 0 Å². The van der Waals surface area contributed by atoms with Gasteiger partial charge in [-0.2, -0.15) is 0 Å². The van der Waals surface area contributed by atoms with Gasteiger partial charge in [0.1, 0.15) is 11.9 Å². The van der Waals surface area contributed by atoms with Gasteiger partial charge in [-0.15, -0.1) is 13.2 Å². The van der Waals surface area contributed by atoms with Crippen LogP contribution in [0.15, 0.2) is 36.4 Å². The molecular formula is C16H12ClF4NO2. The Morgan fingerprint density at radius 3 is 2.46 bits per heavy atom. The summed E-state index contributed by atoms with van der Waals surface area (Å²) in [6.45, 7) is 1.09. The Morgan fingerprint density at radius 2 is 1.83 bits per heavy atom. The maximum Gasteiger partial charge on any atom is 0.573 e. The van der Waals surface area contributed by atoms with Gasteiger partial charge in [-0.25, -0.2) is 4.39 Å². The molecule has 0 bridgehead atoms. The maximum atomic E-state index is 13.6. The molecule has 1 fully saturated rings. The zero-order chi connectivity index (χ0) is 17.3. The zero-order valence-electron chi connectivity index (χ0n) is 12.2. The van der Waals surface area contributed by atoms with E-state index in [1.54, 1.807) is 0 Å². The third kappa shape index (κ3) is 3.73. The lowest BCUT2D eigenvalue weighted by Gasteiger charge is -2.28. The molecular weight excluding hydrogens is 350 g/mol. The summed E-state index contributed by atoms with van der Waals surface area (Å²) in [6, 6.07) is 8.09. The molecule has 0 aliphatic carbocycles. The third-order valence-electron chi connectivity index (χ3n) is 3.47. The molecule has 1 N–H and O–H groups in total. The number of halogens is 5. The molecule has 1 saturated heterocycles. The minimum absolute atomic E-state index is 0.0323. The van der Waals surface area contributed by atoms with Crippen LogP contribution in [0.5, 0.6) is 11.5 Å². The fraction of sp³-hybridized carbons (Fsp3) is 0.250. The Kier molecular flexibility index (Phi) is 4.56. The zero-order valence-corrected chi connectivity index (χ0v) is 12.9. The molecule has 0 saturated carbocycles. The summed E-state index contributed by atoms with van der Waals surface area (Å²) in [6.07, 6.45) is -5.09. The fourth-order valence-corrected chi connectivity index (χ4v) is 2.46. The minimum atomic E-state index is -4.87. The molecule has 128 valence electrons. The molecule has 1 aliphatic rings. The number of hydrogen-bond donors (Lipinski definition) is 1. The molecule has 2 aromatic rings. The van der Waals surface area contributed by atoms with Crippen LogP contribution < -0.4 is 14.8 Å². The lowest BCUT2D eigenvalue weighted by Crippen LogP contribution is -2.50. The highest BCUT2D eigenvalue weighted by atomic mass is 35.5. The van der Waals surface area contributed by atoms with Crippen molar-refractivity contribution in [2.45, 2.75) is 12.5 Å². The Bertz CT molecular complexity index is 747. The van der Waals surface area contributed by atoms with E-state index in [4.69, 9.17) is 16.3 Å². The van der Waals surface area contributed by atoms with Crippen molar-refractivity contribution in [3.05, 3.63) is 47.2 Å². The molecule has 0 amide bonds. The fourth-order valence-electron chi connectivity index (χ4n) is 2.23. The molecule has 1 aliphatic heterocycles. The quantitative estimate of drug-likeness (QED) is 0.819. The SMILES string of the molecule is Fc1cccc(-c2ccc(OC3CNC3)c(OC(F)(F)F)c2)c1Cl. The maximum absolute atomic E-state index is 13.6. The van der Waals surface area contributed by atoms with Gasteiger partial charge in [0.25, 0.3) is 0 Å². The molecule has 0 radical (unpaired) electrons. The van der Waals surface area contributed by atoms with Crippen molar-refractivity contribution in [1.29, 1.82) is 0 Å². The van der Waals surface area contributed by atoms with Crippen molar-refractivity contribution < 1.29 is 27.0 Å². The average Bonchev–Trinajstić information content (AvgIpc) is 2.45. The second-order valence-electron chi connectivity index (χ2n) is 5.21. The van der Waals surface area contributed by atoms with Gasteiger partial charge in [0.05, 0.1) is 5.02 Å². The monoisotopic (exact) mass is 361 g/mol. The van der Waals surface area contributed by atoms with Crippen LogP contribution in [0.1, 0.15) is 0 Å². The number of nitrogens with one attached hydrogen (secondary N) is 1. The third-order valence-corrected chi connectivity index (χ3v) is 3.85. The van der Waals surface area contributed by atoms with Crippen LogP contribution in [0, 0.1) is 5.82 Å². The van der Waals surface area contributed by atoms with Gasteiger partial charge < -0.3 is 14.8 Å². The number of rotatable bonds is 4. The minimum Gasteiger partial charge on any atom is -0.484 e. The average molecular weight is 362 g/mol. The lowest BCUT2D eigenvalue weighted by molar-refractivity contribution is -0.275. The first-order valence-corrected chi connectivity index (χ1v) is 7.43. The van der Waals surface area contributed by atoms with Crippen LogP contribution >= 0.6 is 11.6 Å². The van der Waals surface area contributed by atoms with E-state index in [1.807, 2.05) is 0 Å². The van der Waals surface area contributed by atoms with Gasteiger partial charge in [0.15, 0.2) is 11.5 Å². The molecule has 2 aromatic carbocycles. The van der Waals surface area contributed by atoms with Gasteiger partial charge in [0.2, 0.25) is 0 Å². The van der Waals surface area contributed by atoms with Crippen LogP contribution in [-0.4, -0.2) is 25.6 Å². The van der Waals surface area contributed by atoms with E-state index in [1.165, 1.54) is 30.3 Å². The highest BCUT2D eigenvalue weighted by Gasteiger charge is 2.33. The summed E-state index contributed by atoms with van der Waals surface area (Å²) in [5.74, 6) is -1.18. The van der Waals surface area contributed by atoms with E-state index in [9.17, 15) is 17.6 Å². The van der Waals surface area contributed by atoms with E-state index in [0.717, 1.165) is 6.07 Å². The summed E-state index contributed by atoms with van der Waals surface area (Å²) >= 11 is 5.89. The number of ether oxygens (including phenoxy) is 2. The van der Waals surface area contributed by atoms with E-state index in [-0.39, 0.29) is 28.0 Å². The lowest BCUT2D eigenvalue weighted by atomic mass is 10.0. The molecule has 8 heteroatoms. The van der Waals surface area contributed by atoms with Crippen molar-refractivity contribution in [3.8, 4) is 22.6 Å². The molecule has 3 nitrogen and oxygen atoms in total. The van der Waals surface area contributed by atoms with Gasteiger partial charge in [-0.05, 0) is 23.8 Å². The Balaban J connectivity index is 1.99. The smallest absolute Gasteiger partial charge is 0.484 e. The summed E-state index contributed by atoms with van der Waals surface area (Å²) < 4.78 is 61.1. The molecule has 0 aromatic heterocycles. The number of hydrogen-bond acceptors (Lipinski definition) is 3. The molecule has 24 heavy (non-hydrogen) atoms. The number of benzene rings is 2. The molecule has 0 spiro atoms. The highest BCUT2D eigenvalue weighted by Crippen LogP contribution is 2.39. The summed E-state index contributed by atoms with van der Waals surface area (Å²) in [5.41, 5.74) is 0.554. The molecule has 1 heterocycles. The second kappa shape index (κ2) is 6.49. The summed E-state index contributed by atoms with van der Waals surface area (Å²) in [5, 5.41) is 2.78. The first-order valence-electron chi connectivity index (χ1n) is 7.05. The normalized spacial score (nSPS) is 15.0. The van der Waals surface area contributed by atoms with Crippen LogP contribution in [0.25, 0.3) is 11.1 Å². The topological polar surface area (TPSA) is 30.5 Å². The van der Waals surface area contributed by atoms with E-state index >= 15 is 0 Å². The van der Waals surface area contributed by atoms with Crippen molar-refractivity contribution in [1.82, 2.24) is 5.32 Å². The van der Waals surface area contributed by atoms with E-state index < -0.39 is 17.9 Å². The predicted octanol–water partition coefficient (Wildman–Crippen LogP) is 4.40. The summed E-state index contributed by atoms with van der Waals surface area (Å²) in [7, 11) is 0. The highest BCUT2D eigenvalue weighted by molar-refractivity contribution is 6.33.